The number of rotatable bonds is 6. The van der Waals surface area contributed by atoms with Crippen molar-refractivity contribution in [3.63, 3.8) is 0 Å². The Morgan fingerprint density at radius 3 is 2.35 bits per heavy atom. The van der Waals surface area contributed by atoms with Crippen LogP contribution in [0, 0.1) is 10.7 Å². The number of hydrogen-bond donors (Lipinski definition) is 0. The molecule has 1 unspecified atom stereocenters. The van der Waals surface area contributed by atoms with Crippen molar-refractivity contribution >= 4 is 11.8 Å². The highest BCUT2D eigenvalue weighted by molar-refractivity contribution is 8.03. The molecule has 3 heteroatoms. The molecule has 2 nitrogen and oxygen atoms in total. The van der Waals surface area contributed by atoms with Crippen molar-refractivity contribution in [2.45, 2.75) is 19.3 Å². The first kappa shape index (κ1) is 14.5. The molecular weight excluding hydrogens is 266 g/mol. The summed E-state index contributed by atoms with van der Waals surface area (Å²) in [5, 5.41) is 10.6. The molecule has 102 valence electrons. The third kappa shape index (κ3) is 4.32. The molecule has 0 saturated carbocycles. The molecule has 0 amide bonds. The van der Waals surface area contributed by atoms with Crippen LogP contribution >= 0.6 is 11.8 Å². The molecule has 0 aliphatic heterocycles. The van der Waals surface area contributed by atoms with Gasteiger partial charge in [-0.2, -0.15) is 5.26 Å². The van der Waals surface area contributed by atoms with Gasteiger partial charge in [0, 0.05) is 5.75 Å². The average Bonchev–Trinajstić information content (AvgIpc) is 2.49. The number of nitriles is 1. The quantitative estimate of drug-likeness (QED) is 0.540. The van der Waals surface area contributed by atoms with E-state index < -0.39 is 0 Å². The molecule has 0 radical (unpaired) electrons. The first-order valence-corrected chi connectivity index (χ1v) is 7.62. The predicted octanol–water partition coefficient (Wildman–Crippen LogP) is 5.19. The number of para-hydroxylation sites is 1. The fourth-order valence-corrected chi connectivity index (χ4v) is 2.50. The van der Waals surface area contributed by atoms with Crippen molar-refractivity contribution in [3.8, 4) is 16.9 Å². The van der Waals surface area contributed by atoms with Crippen LogP contribution in [0.4, 0.5) is 0 Å². The molecule has 2 aromatic rings. The van der Waals surface area contributed by atoms with Crippen LogP contribution in [-0.2, 0) is 0 Å². The number of benzene rings is 2. The normalized spacial score (nSPS) is 11.6. The average molecular weight is 283 g/mol. The summed E-state index contributed by atoms with van der Waals surface area (Å²) in [6.07, 6.45) is 1.01. The molecule has 0 aliphatic carbocycles. The molecule has 20 heavy (non-hydrogen) atoms. The molecule has 2 rings (SSSR count). The van der Waals surface area contributed by atoms with Crippen molar-refractivity contribution in [1.82, 2.24) is 0 Å². The Bertz CT molecular complexity index is 560. The fraction of sp³-hybridized carbons (Fsp3) is 0.235. The maximum absolute atomic E-state index is 8.52. The third-order valence-corrected chi connectivity index (χ3v) is 3.71. The Balaban J connectivity index is 1.94. The highest BCUT2D eigenvalue weighted by Gasteiger charge is 2.06. The Morgan fingerprint density at radius 1 is 1.05 bits per heavy atom. The van der Waals surface area contributed by atoms with Crippen molar-refractivity contribution in [1.29, 1.82) is 5.26 Å². The van der Waals surface area contributed by atoms with Crippen molar-refractivity contribution < 1.29 is 4.74 Å². The maximum Gasteiger partial charge on any atom is 0.133 e. The Labute approximate surface area is 124 Å². The molecule has 2 aromatic carbocycles. The van der Waals surface area contributed by atoms with Crippen molar-refractivity contribution in [2.75, 3.05) is 5.75 Å². The molecule has 0 N–H and O–H groups in total. The van der Waals surface area contributed by atoms with Crippen LogP contribution in [0.25, 0.3) is 0 Å². The molecule has 0 aliphatic rings. The summed E-state index contributed by atoms with van der Waals surface area (Å²) >= 11 is 1.32. The molecule has 0 aromatic heterocycles. The molecule has 0 heterocycles. The van der Waals surface area contributed by atoms with Crippen molar-refractivity contribution in [3.05, 3.63) is 60.2 Å². The summed E-state index contributed by atoms with van der Waals surface area (Å²) in [4.78, 5) is 0. The molecular formula is C17H17NOS. The van der Waals surface area contributed by atoms with E-state index in [1.54, 1.807) is 0 Å². The topological polar surface area (TPSA) is 33.0 Å². The molecule has 1 atom stereocenters. The van der Waals surface area contributed by atoms with Gasteiger partial charge < -0.3 is 4.74 Å². The van der Waals surface area contributed by atoms with Gasteiger partial charge in [-0.3, -0.25) is 0 Å². The van der Waals surface area contributed by atoms with Crippen LogP contribution in [0.5, 0.6) is 11.5 Å². The van der Waals surface area contributed by atoms with Crippen LogP contribution in [0.1, 0.15) is 24.8 Å². The van der Waals surface area contributed by atoms with E-state index in [0.29, 0.717) is 5.92 Å². The lowest BCUT2D eigenvalue weighted by molar-refractivity contribution is 0.482. The van der Waals surface area contributed by atoms with Crippen molar-refractivity contribution in [2.24, 2.45) is 0 Å². The zero-order chi connectivity index (χ0) is 14.2. The van der Waals surface area contributed by atoms with Crippen LogP contribution in [0.15, 0.2) is 54.6 Å². The molecule has 0 spiro atoms. The second-order valence-electron chi connectivity index (χ2n) is 4.61. The van der Waals surface area contributed by atoms with Gasteiger partial charge in [0.1, 0.15) is 16.9 Å². The number of nitrogens with zero attached hydrogens (tertiary/aromatic N) is 1. The predicted molar refractivity (Wildman–Crippen MR) is 84.1 cm³/mol. The largest absolute Gasteiger partial charge is 0.457 e. The Morgan fingerprint density at radius 2 is 1.70 bits per heavy atom. The molecule has 0 bridgehead atoms. The van der Waals surface area contributed by atoms with Crippen LogP contribution in [0.3, 0.4) is 0 Å². The van der Waals surface area contributed by atoms with Crippen LogP contribution in [-0.4, -0.2) is 5.75 Å². The lowest BCUT2D eigenvalue weighted by Gasteiger charge is -2.11. The SMILES string of the molecule is CC(CCSC#N)c1ccc(Oc2ccccc2)cc1. The summed E-state index contributed by atoms with van der Waals surface area (Å²) < 4.78 is 5.76. The minimum absolute atomic E-state index is 0.460. The standard InChI is InChI=1S/C17H17NOS/c1-14(11-12-20-13-18)15-7-9-17(10-8-15)19-16-5-3-2-4-6-16/h2-10,14H,11-12H2,1H3. The minimum atomic E-state index is 0.460. The summed E-state index contributed by atoms with van der Waals surface area (Å²) in [5.41, 5.74) is 1.28. The van der Waals surface area contributed by atoms with Gasteiger partial charge in [-0.25, -0.2) is 0 Å². The monoisotopic (exact) mass is 283 g/mol. The zero-order valence-corrected chi connectivity index (χ0v) is 12.3. The smallest absolute Gasteiger partial charge is 0.133 e. The first-order valence-electron chi connectivity index (χ1n) is 6.63. The second-order valence-corrected chi connectivity index (χ2v) is 5.49. The van der Waals surface area contributed by atoms with E-state index in [9.17, 15) is 0 Å². The van der Waals surface area contributed by atoms with Crippen LogP contribution < -0.4 is 4.74 Å². The van der Waals surface area contributed by atoms with E-state index in [2.05, 4.69) is 24.5 Å². The van der Waals surface area contributed by atoms with E-state index >= 15 is 0 Å². The number of thioether (sulfide) groups is 1. The van der Waals surface area contributed by atoms with Gasteiger partial charge in [-0.15, -0.1) is 0 Å². The highest BCUT2D eigenvalue weighted by atomic mass is 32.2. The van der Waals surface area contributed by atoms with E-state index in [4.69, 9.17) is 10.00 Å². The summed E-state index contributed by atoms with van der Waals surface area (Å²) in [7, 11) is 0. The van der Waals surface area contributed by atoms with Gasteiger partial charge in [0.05, 0.1) is 0 Å². The summed E-state index contributed by atoms with van der Waals surface area (Å²) in [5.74, 6) is 3.03. The summed E-state index contributed by atoms with van der Waals surface area (Å²) in [6, 6.07) is 18.0. The lowest BCUT2D eigenvalue weighted by atomic mass is 9.99. The zero-order valence-electron chi connectivity index (χ0n) is 11.5. The minimum Gasteiger partial charge on any atom is -0.457 e. The maximum atomic E-state index is 8.52. The number of thiocyanates is 1. The molecule has 0 saturated heterocycles. The van der Waals surface area contributed by atoms with Gasteiger partial charge >= 0.3 is 0 Å². The fourth-order valence-electron chi connectivity index (χ4n) is 1.94. The Hall–Kier alpha value is -1.92. The number of ether oxygens (including phenoxy) is 1. The van der Waals surface area contributed by atoms with E-state index in [-0.39, 0.29) is 0 Å². The lowest BCUT2D eigenvalue weighted by Crippen LogP contribution is -1.95. The van der Waals surface area contributed by atoms with E-state index in [1.807, 2.05) is 42.5 Å². The van der Waals surface area contributed by atoms with Gasteiger partial charge in [0.2, 0.25) is 0 Å². The van der Waals surface area contributed by atoms with Gasteiger partial charge in [-0.05, 0) is 53.9 Å². The number of hydrogen-bond acceptors (Lipinski definition) is 3. The highest BCUT2D eigenvalue weighted by Crippen LogP contribution is 2.25. The molecule has 0 fully saturated rings. The van der Waals surface area contributed by atoms with Gasteiger partial charge in [-0.1, -0.05) is 37.3 Å². The van der Waals surface area contributed by atoms with E-state index in [1.165, 1.54) is 17.3 Å². The Kier molecular flexibility index (Phi) is 5.52. The first-order chi connectivity index (χ1) is 9.79. The van der Waals surface area contributed by atoms with E-state index in [0.717, 1.165) is 23.7 Å². The summed E-state index contributed by atoms with van der Waals surface area (Å²) in [6.45, 7) is 2.19. The van der Waals surface area contributed by atoms with Crippen LogP contribution in [0.2, 0.25) is 0 Å². The van der Waals surface area contributed by atoms with Gasteiger partial charge in [0.15, 0.2) is 0 Å². The van der Waals surface area contributed by atoms with Gasteiger partial charge in [0.25, 0.3) is 0 Å². The third-order valence-electron chi connectivity index (χ3n) is 3.15. The second kappa shape index (κ2) is 7.62.